The highest BCUT2D eigenvalue weighted by Crippen LogP contribution is 2.16. The van der Waals surface area contributed by atoms with Crippen LogP contribution in [0.25, 0.3) is 0 Å². The molecule has 0 aliphatic heterocycles. The molecule has 0 saturated carbocycles. The van der Waals surface area contributed by atoms with Gasteiger partial charge in [0.15, 0.2) is 0 Å². The van der Waals surface area contributed by atoms with E-state index in [0.717, 1.165) is 0 Å². The van der Waals surface area contributed by atoms with Gasteiger partial charge in [0.2, 0.25) is 11.8 Å². The van der Waals surface area contributed by atoms with Gasteiger partial charge in [0.25, 0.3) is 0 Å². The molecule has 1 unspecified atom stereocenters. The average molecular weight is 316 g/mol. The van der Waals surface area contributed by atoms with Crippen molar-refractivity contribution in [3.63, 3.8) is 0 Å². The summed E-state index contributed by atoms with van der Waals surface area (Å²) in [6.45, 7) is 4.31. The number of hydrogen-bond acceptors (Lipinski definition) is 4. The van der Waals surface area contributed by atoms with Crippen molar-refractivity contribution < 1.29 is 14.3 Å². The molecule has 1 atom stereocenters. The molecule has 4 N–H and O–H groups in total. The third-order valence-corrected chi connectivity index (χ3v) is 2.63. The van der Waals surface area contributed by atoms with Crippen molar-refractivity contribution in [2.75, 3.05) is 25.0 Å². The van der Waals surface area contributed by atoms with E-state index in [0.29, 0.717) is 31.1 Å². The number of nitrogens with one attached hydrogen (secondary N) is 2. The molecule has 6 nitrogen and oxygen atoms in total. The van der Waals surface area contributed by atoms with Crippen LogP contribution in [-0.4, -0.2) is 31.5 Å². The smallest absolute Gasteiger partial charge is 0.224 e. The molecule has 7 heteroatoms. The predicted molar refractivity (Wildman–Crippen MR) is 84.7 cm³/mol. The number of halogens is 1. The van der Waals surface area contributed by atoms with Crippen molar-refractivity contribution in [3.8, 4) is 5.75 Å². The summed E-state index contributed by atoms with van der Waals surface area (Å²) in [7, 11) is 0. The van der Waals surface area contributed by atoms with Crippen LogP contribution in [0.1, 0.15) is 13.8 Å². The molecule has 1 aromatic carbocycles. The van der Waals surface area contributed by atoms with E-state index in [-0.39, 0.29) is 30.1 Å². The Morgan fingerprint density at radius 2 is 2.10 bits per heavy atom. The van der Waals surface area contributed by atoms with Gasteiger partial charge in [-0.2, -0.15) is 0 Å². The lowest BCUT2D eigenvalue weighted by Crippen LogP contribution is -2.35. The molecule has 1 rings (SSSR count). The zero-order valence-corrected chi connectivity index (χ0v) is 13.0. The topological polar surface area (TPSA) is 93.5 Å². The first kappa shape index (κ1) is 19.2. The lowest BCUT2D eigenvalue weighted by Gasteiger charge is -2.11. The molecule has 118 valence electrons. The maximum absolute atomic E-state index is 11.5. The Morgan fingerprint density at radius 1 is 1.38 bits per heavy atom. The first-order chi connectivity index (χ1) is 9.52. The summed E-state index contributed by atoms with van der Waals surface area (Å²) in [5, 5.41) is 5.41. The highest BCUT2D eigenvalue weighted by molar-refractivity contribution is 5.88. The molecular weight excluding hydrogens is 294 g/mol. The molecule has 21 heavy (non-hydrogen) atoms. The van der Waals surface area contributed by atoms with Gasteiger partial charge < -0.3 is 21.1 Å². The van der Waals surface area contributed by atoms with Crippen LogP contribution in [0.2, 0.25) is 0 Å². The van der Waals surface area contributed by atoms with Gasteiger partial charge in [-0.25, -0.2) is 0 Å². The van der Waals surface area contributed by atoms with Gasteiger partial charge in [0.1, 0.15) is 12.4 Å². The molecule has 0 fully saturated rings. The molecule has 0 aliphatic rings. The summed E-state index contributed by atoms with van der Waals surface area (Å²) < 4.78 is 5.49. The number of carbonyl (C=O) groups is 2. The zero-order chi connectivity index (χ0) is 15.0. The molecule has 0 bridgehead atoms. The SMILES string of the molecule is CC(=O)Nc1cccc(OCCNC(=O)C(C)CN)c1.Cl. The highest BCUT2D eigenvalue weighted by atomic mass is 35.5. The maximum atomic E-state index is 11.5. The zero-order valence-electron chi connectivity index (χ0n) is 12.2. The third kappa shape index (κ3) is 7.53. The summed E-state index contributed by atoms with van der Waals surface area (Å²) in [5.74, 6) is 0.226. The van der Waals surface area contributed by atoms with Gasteiger partial charge >= 0.3 is 0 Å². The quantitative estimate of drug-likeness (QED) is 0.658. The van der Waals surface area contributed by atoms with Crippen LogP contribution in [0.3, 0.4) is 0 Å². The van der Waals surface area contributed by atoms with Crippen molar-refractivity contribution in [2.24, 2.45) is 11.7 Å². The van der Waals surface area contributed by atoms with Crippen molar-refractivity contribution in [1.82, 2.24) is 5.32 Å². The maximum Gasteiger partial charge on any atom is 0.224 e. The van der Waals surface area contributed by atoms with Gasteiger partial charge in [0, 0.05) is 31.1 Å². The Bertz CT molecular complexity index is 469. The molecular formula is C14H22ClN3O3. The van der Waals surface area contributed by atoms with Gasteiger partial charge in [-0.15, -0.1) is 12.4 Å². The lowest BCUT2D eigenvalue weighted by atomic mass is 10.2. The average Bonchev–Trinajstić information content (AvgIpc) is 2.42. The number of nitrogens with two attached hydrogens (primary N) is 1. The van der Waals surface area contributed by atoms with Crippen molar-refractivity contribution in [2.45, 2.75) is 13.8 Å². The van der Waals surface area contributed by atoms with Crippen molar-refractivity contribution in [3.05, 3.63) is 24.3 Å². The van der Waals surface area contributed by atoms with E-state index in [2.05, 4.69) is 10.6 Å². The van der Waals surface area contributed by atoms with E-state index in [9.17, 15) is 9.59 Å². The first-order valence-electron chi connectivity index (χ1n) is 6.51. The number of anilines is 1. The summed E-state index contributed by atoms with van der Waals surface area (Å²) in [6.07, 6.45) is 0. The summed E-state index contributed by atoms with van der Waals surface area (Å²) in [6, 6.07) is 7.08. The number of benzene rings is 1. The van der Waals surface area contributed by atoms with Gasteiger partial charge in [-0.3, -0.25) is 9.59 Å². The number of ether oxygens (including phenoxy) is 1. The molecule has 2 amide bonds. The second kappa shape index (κ2) is 10.0. The molecule has 0 spiro atoms. The van der Waals surface area contributed by atoms with E-state index >= 15 is 0 Å². The Kier molecular flexibility index (Phi) is 9.16. The fourth-order valence-electron chi connectivity index (χ4n) is 1.49. The standard InChI is InChI=1S/C14H21N3O3.ClH/c1-10(9-15)14(19)16-6-7-20-13-5-3-4-12(8-13)17-11(2)18;/h3-5,8,10H,6-7,9,15H2,1-2H3,(H,16,19)(H,17,18);1H. The van der Waals surface area contributed by atoms with Gasteiger partial charge in [-0.1, -0.05) is 13.0 Å². The van der Waals surface area contributed by atoms with Crippen LogP contribution < -0.4 is 21.1 Å². The number of rotatable bonds is 7. The Hall–Kier alpha value is -1.79. The van der Waals surface area contributed by atoms with E-state index in [4.69, 9.17) is 10.5 Å². The van der Waals surface area contributed by atoms with Crippen LogP contribution >= 0.6 is 12.4 Å². The Balaban J connectivity index is 0.00000400. The second-order valence-corrected chi connectivity index (χ2v) is 4.49. The minimum absolute atomic E-state index is 0. The van der Waals surface area contributed by atoms with E-state index in [1.165, 1.54) is 6.92 Å². The monoisotopic (exact) mass is 315 g/mol. The number of carbonyl (C=O) groups excluding carboxylic acids is 2. The lowest BCUT2D eigenvalue weighted by molar-refractivity contribution is -0.124. The minimum Gasteiger partial charge on any atom is -0.492 e. The van der Waals surface area contributed by atoms with Gasteiger partial charge in [0.05, 0.1) is 6.54 Å². The number of amides is 2. The van der Waals surface area contributed by atoms with Crippen LogP contribution in [0.5, 0.6) is 5.75 Å². The fraction of sp³-hybridized carbons (Fsp3) is 0.429. The van der Waals surface area contributed by atoms with Crippen molar-refractivity contribution >= 4 is 29.9 Å². The molecule has 1 aromatic rings. The first-order valence-corrected chi connectivity index (χ1v) is 6.51. The summed E-state index contributed by atoms with van der Waals surface area (Å²) in [4.78, 5) is 22.4. The Morgan fingerprint density at radius 3 is 2.71 bits per heavy atom. The summed E-state index contributed by atoms with van der Waals surface area (Å²) >= 11 is 0. The molecule has 0 heterocycles. The van der Waals surface area contributed by atoms with Crippen LogP contribution in [0.4, 0.5) is 5.69 Å². The van der Waals surface area contributed by atoms with Crippen LogP contribution in [0, 0.1) is 5.92 Å². The van der Waals surface area contributed by atoms with E-state index < -0.39 is 0 Å². The summed E-state index contributed by atoms with van der Waals surface area (Å²) in [5.41, 5.74) is 6.07. The van der Waals surface area contributed by atoms with Gasteiger partial charge in [-0.05, 0) is 12.1 Å². The normalized spacial score (nSPS) is 11.0. The molecule has 0 saturated heterocycles. The predicted octanol–water partition coefficient (Wildman–Crippen LogP) is 1.16. The van der Waals surface area contributed by atoms with Crippen LogP contribution in [-0.2, 0) is 9.59 Å². The fourth-order valence-corrected chi connectivity index (χ4v) is 1.49. The number of hydrogen-bond donors (Lipinski definition) is 3. The molecule has 0 radical (unpaired) electrons. The third-order valence-electron chi connectivity index (χ3n) is 2.63. The minimum atomic E-state index is -0.196. The van der Waals surface area contributed by atoms with Crippen LogP contribution in [0.15, 0.2) is 24.3 Å². The second-order valence-electron chi connectivity index (χ2n) is 4.49. The molecule has 0 aromatic heterocycles. The van der Waals surface area contributed by atoms with E-state index in [1.54, 1.807) is 31.2 Å². The molecule has 0 aliphatic carbocycles. The Labute approximate surface area is 130 Å². The van der Waals surface area contributed by atoms with Crippen molar-refractivity contribution in [1.29, 1.82) is 0 Å². The van der Waals surface area contributed by atoms with E-state index in [1.807, 2.05) is 0 Å². The highest BCUT2D eigenvalue weighted by Gasteiger charge is 2.09. The largest absolute Gasteiger partial charge is 0.492 e.